The minimum absolute atomic E-state index is 0.155. The highest BCUT2D eigenvalue weighted by Gasteiger charge is 2.26. The third kappa shape index (κ3) is 3.63. The molecule has 0 amide bonds. The molecule has 0 unspecified atom stereocenters. The Kier molecular flexibility index (Phi) is 4.95. The third-order valence-electron chi connectivity index (χ3n) is 5.58. The molecule has 0 atom stereocenters. The minimum Gasteiger partial charge on any atom is -0.282 e. The van der Waals surface area contributed by atoms with Crippen LogP contribution in [0.2, 0.25) is 0 Å². The van der Waals surface area contributed by atoms with E-state index in [-0.39, 0.29) is 20.6 Å². The van der Waals surface area contributed by atoms with Gasteiger partial charge in [0.15, 0.2) is 0 Å². The van der Waals surface area contributed by atoms with E-state index in [1.165, 1.54) is 49.1 Å². The summed E-state index contributed by atoms with van der Waals surface area (Å²) in [7, 11) is -8.74. The van der Waals surface area contributed by atoms with Gasteiger partial charge in [-0.25, -0.2) is 9.97 Å². The SMILES string of the molecule is O=S(=O)(On1cnc2ccccc21)c1cccc2c(S(=O)(=O)On3cnc4ccccc43)cccc12. The molecule has 0 saturated heterocycles. The van der Waals surface area contributed by atoms with Gasteiger partial charge in [0.25, 0.3) is 0 Å². The Hall–Kier alpha value is -4.42. The van der Waals surface area contributed by atoms with E-state index in [4.69, 9.17) is 8.57 Å². The average molecular weight is 521 g/mol. The van der Waals surface area contributed by atoms with E-state index in [9.17, 15) is 16.8 Å². The molecule has 0 fully saturated rings. The van der Waals surface area contributed by atoms with Gasteiger partial charge >= 0.3 is 20.2 Å². The molecule has 0 bridgehead atoms. The van der Waals surface area contributed by atoms with Crippen molar-refractivity contribution in [2.75, 3.05) is 0 Å². The predicted octanol–water partition coefficient (Wildman–Crippen LogP) is 3.17. The van der Waals surface area contributed by atoms with Crippen molar-refractivity contribution in [3.05, 3.63) is 97.6 Å². The molecular formula is C24H16N4O6S2. The summed E-state index contributed by atoms with van der Waals surface area (Å²) in [6, 6.07) is 22.4. The average Bonchev–Trinajstić information content (AvgIpc) is 3.47. The molecule has 36 heavy (non-hydrogen) atoms. The molecule has 2 aromatic heterocycles. The topological polar surface area (TPSA) is 122 Å². The van der Waals surface area contributed by atoms with Crippen molar-refractivity contribution in [3.8, 4) is 0 Å². The Morgan fingerprint density at radius 2 is 0.944 bits per heavy atom. The molecule has 0 spiro atoms. The molecule has 0 N–H and O–H groups in total. The third-order valence-corrected chi connectivity index (χ3v) is 8.08. The number of aromatic nitrogens is 4. The quantitative estimate of drug-likeness (QED) is 0.328. The van der Waals surface area contributed by atoms with Crippen LogP contribution in [0, 0.1) is 0 Å². The van der Waals surface area contributed by atoms with Gasteiger partial charge in [0.05, 0.1) is 11.0 Å². The van der Waals surface area contributed by atoms with Crippen LogP contribution in [0.5, 0.6) is 0 Å². The summed E-state index contributed by atoms with van der Waals surface area (Å²) in [4.78, 5) is 7.85. The number of imidazole rings is 2. The Labute approximate surface area is 205 Å². The van der Waals surface area contributed by atoms with Crippen LogP contribution < -0.4 is 8.57 Å². The van der Waals surface area contributed by atoms with Crippen molar-refractivity contribution < 1.29 is 25.4 Å². The van der Waals surface area contributed by atoms with E-state index in [2.05, 4.69) is 9.97 Å². The maximum atomic E-state index is 13.3. The summed E-state index contributed by atoms with van der Waals surface area (Å²) in [5, 5.41) is 0.309. The molecule has 6 rings (SSSR count). The second-order valence-corrected chi connectivity index (χ2v) is 10.8. The van der Waals surface area contributed by atoms with Crippen molar-refractivity contribution in [1.29, 1.82) is 0 Å². The lowest BCUT2D eigenvalue weighted by atomic mass is 10.1. The zero-order chi connectivity index (χ0) is 24.9. The minimum atomic E-state index is -4.37. The largest absolute Gasteiger partial charge is 0.357 e. The molecule has 4 aromatic carbocycles. The molecule has 180 valence electrons. The van der Waals surface area contributed by atoms with Gasteiger partial charge in [-0.3, -0.25) is 8.57 Å². The van der Waals surface area contributed by atoms with Crippen molar-refractivity contribution in [1.82, 2.24) is 19.4 Å². The number of nitrogens with zero attached hydrogens (tertiary/aromatic N) is 4. The summed E-state index contributed by atoms with van der Waals surface area (Å²) in [5.41, 5.74) is 2.04. The maximum Gasteiger partial charge on any atom is 0.357 e. The summed E-state index contributed by atoms with van der Waals surface area (Å²) < 4.78 is 65.8. The first-order valence-electron chi connectivity index (χ1n) is 10.6. The van der Waals surface area contributed by atoms with E-state index >= 15 is 0 Å². The molecule has 0 aliphatic heterocycles. The number of rotatable bonds is 6. The first kappa shape index (κ1) is 22.1. The van der Waals surface area contributed by atoms with Crippen molar-refractivity contribution in [3.63, 3.8) is 0 Å². The lowest BCUT2D eigenvalue weighted by Gasteiger charge is -2.13. The number of benzene rings is 4. The molecule has 0 saturated carbocycles. The molecule has 6 aromatic rings. The monoisotopic (exact) mass is 520 g/mol. The highest BCUT2D eigenvalue weighted by atomic mass is 32.2. The van der Waals surface area contributed by atoms with Gasteiger partial charge in [-0.05, 0) is 36.4 Å². The molecule has 0 radical (unpaired) electrons. The van der Waals surface area contributed by atoms with Crippen LogP contribution in [-0.4, -0.2) is 36.3 Å². The summed E-state index contributed by atoms with van der Waals surface area (Å²) >= 11 is 0. The van der Waals surface area contributed by atoms with Crippen LogP contribution in [0.4, 0.5) is 0 Å². The number of fused-ring (bicyclic) bond motifs is 3. The van der Waals surface area contributed by atoms with Crippen LogP contribution in [-0.2, 0) is 20.2 Å². The normalized spacial score (nSPS) is 12.3. The van der Waals surface area contributed by atoms with Crippen molar-refractivity contribution in [2.45, 2.75) is 9.79 Å². The Morgan fingerprint density at radius 3 is 1.39 bits per heavy atom. The molecule has 0 aliphatic carbocycles. The van der Waals surface area contributed by atoms with Gasteiger partial charge in [0.2, 0.25) is 0 Å². The van der Waals surface area contributed by atoms with Gasteiger partial charge in [-0.15, -0.1) is 0 Å². The zero-order valence-electron chi connectivity index (χ0n) is 18.3. The van der Waals surface area contributed by atoms with Crippen LogP contribution in [0.25, 0.3) is 32.8 Å². The molecule has 10 nitrogen and oxygen atoms in total. The Balaban J connectivity index is 1.43. The lowest BCUT2D eigenvalue weighted by Crippen LogP contribution is -2.21. The second-order valence-electron chi connectivity index (χ2n) is 7.78. The van der Waals surface area contributed by atoms with Crippen LogP contribution in [0.1, 0.15) is 0 Å². The van der Waals surface area contributed by atoms with Gasteiger partial charge in [0.1, 0.15) is 33.5 Å². The first-order valence-corrected chi connectivity index (χ1v) is 13.4. The number of hydrogen-bond acceptors (Lipinski definition) is 8. The Bertz CT molecular complexity index is 1850. The van der Waals surface area contributed by atoms with E-state index in [1.54, 1.807) is 48.5 Å². The second kappa shape index (κ2) is 8.07. The highest BCUT2D eigenvalue weighted by molar-refractivity contribution is 7.87. The number of para-hydroxylation sites is 4. The lowest BCUT2D eigenvalue weighted by molar-refractivity contribution is 0.290. The van der Waals surface area contributed by atoms with E-state index in [0.717, 1.165) is 9.46 Å². The summed E-state index contributed by atoms with van der Waals surface area (Å²) in [6.45, 7) is 0. The fraction of sp³-hybridized carbons (Fsp3) is 0. The van der Waals surface area contributed by atoms with Gasteiger partial charge in [0, 0.05) is 10.8 Å². The van der Waals surface area contributed by atoms with Crippen molar-refractivity contribution >= 4 is 53.1 Å². The summed E-state index contributed by atoms with van der Waals surface area (Å²) in [5.74, 6) is 0. The van der Waals surface area contributed by atoms with E-state index in [1.807, 2.05) is 0 Å². The fourth-order valence-electron chi connectivity index (χ4n) is 3.97. The van der Waals surface area contributed by atoms with Crippen LogP contribution >= 0.6 is 0 Å². The van der Waals surface area contributed by atoms with Crippen LogP contribution in [0.15, 0.2) is 107 Å². The van der Waals surface area contributed by atoms with Gasteiger partial charge in [-0.1, -0.05) is 48.5 Å². The smallest absolute Gasteiger partial charge is 0.282 e. The Morgan fingerprint density at radius 1 is 0.528 bits per heavy atom. The molecule has 2 heterocycles. The first-order chi connectivity index (χ1) is 17.3. The van der Waals surface area contributed by atoms with Crippen molar-refractivity contribution in [2.24, 2.45) is 0 Å². The molecule has 12 heteroatoms. The molecular weight excluding hydrogens is 504 g/mol. The van der Waals surface area contributed by atoms with Gasteiger partial charge < -0.3 is 0 Å². The van der Waals surface area contributed by atoms with Gasteiger partial charge in [-0.2, -0.15) is 26.3 Å². The van der Waals surface area contributed by atoms with E-state index in [0.29, 0.717) is 22.1 Å². The zero-order valence-corrected chi connectivity index (χ0v) is 19.9. The summed E-state index contributed by atoms with van der Waals surface area (Å²) in [6.07, 6.45) is 2.51. The molecule has 0 aliphatic rings. The van der Waals surface area contributed by atoms with Crippen LogP contribution in [0.3, 0.4) is 0 Å². The highest BCUT2D eigenvalue weighted by Crippen LogP contribution is 2.29. The van der Waals surface area contributed by atoms with E-state index < -0.39 is 20.2 Å². The fourth-order valence-corrected chi connectivity index (χ4v) is 6.18. The predicted molar refractivity (Wildman–Crippen MR) is 131 cm³/mol. The standard InChI is InChI=1S/C24H16N4O6S2/c29-35(30,33-27-15-25-19-9-1-3-11-21(19)27)23-13-5-8-18-17(23)7-6-14-24(18)36(31,32)34-28-16-26-20-10-2-4-12-22(20)28/h1-16H. The number of hydrogen-bond donors (Lipinski definition) is 0. The maximum absolute atomic E-state index is 13.3.